The molecule has 0 aliphatic carbocycles. The van der Waals surface area contributed by atoms with Crippen molar-refractivity contribution in [1.29, 1.82) is 0 Å². The van der Waals surface area contributed by atoms with Gasteiger partial charge in [0.15, 0.2) is 11.4 Å². The van der Waals surface area contributed by atoms with Crippen molar-refractivity contribution in [2.75, 3.05) is 36.0 Å². The minimum absolute atomic E-state index is 0. The first kappa shape index (κ1) is 86.2. The van der Waals surface area contributed by atoms with E-state index in [0.717, 1.165) is 79.0 Å². The van der Waals surface area contributed by atoms with Gasteiger partial charge in [-0.3, -0.25) is 37.4 Å². The molecule has 4 aliphatic heterocycles. The number of hydrogen-bond donors (Lipinski definition) is 8. The summed E-state index contributed by atoms with van der Waals surface area (Å²) in [5, 5.41) is 36.4. The van der Waals surface area contributed by atoms with Crippen LogP contribution in [0.2, 0.25) is 0 Å². The van der Waals surface area contributed by atoms with Gasteiger partial charge in [-0.15, -0.1) is 0 Å². The molecular formula is C76H94N4NaO20S4+3. The van der Waals surface area contributed by atoms with E-state index in [1.54, 1.807) is 24.3 Å². The Labute approximate surface area is 638 Å². The summed E-state index contributed by atoms with van der Waals surface area (Å²) < 4.78 is 138. The first-order valence-corrected chi connectivity index (χ1v) is 39.7. The number of benzene rings is 4. The summed E-state index contributed by atoms with van der Waals surface area (Å²) in [7, 11) is -17.7. The van der Waals surface area contributed by atoms with Gasteiger partial charge in [0.1, 0.15) is 13.1 Å². The third-order valence-corrected chi connectivity index (χ3v) is 22.6. The fourth-order valence-electron chi connectivity index (χ4n) is 13.7. The van der Waals surface area contributed by atoms with Crippen molar-refractivity contribution in [2.45, 2.75) is 188 Å². The van der Waals surface area contributed by atoms with Crippen molar-refractivity contribution in [3.8, 4) is 0 Å². The number of carbonyl (C=O) groups is 4. The third-order valence-electron chi connectivity index (χ3n) is 19.2. The smallest absolute Gasteiger partial charge is 0.481 e. The number of carboxylic acid groups (broad SMARTS) is 4. The molecule has 4 heterocycles. The molecule has 0 unspecified atom stereocenters. The van der Waals surface area contributed by atoms with Crippen molar-refractivity contribution < 1.29 is 130 Å². The normalized spacial score (nSPS) is 17.6. The molecule has 0 spiro atoms. The molecule has 0 fully saturated rings. The Morgan fingerprint density at radius 1 is 0.400 bits per heavy atom. The Balaban J connectivity index is 0.000000326. The van der Waals surface area contributed by atoms with Crippen molar-refractivity contribution in [3.63, 3.8) is 0 Å². The summed E-state index contributed by atoms with van der Waals surface area (Å²) in [6.45, 7) is 21.6. The second-order valence-electron chi connectivity index (χ2n) is 28.3. The molecule has 0 atom stereocenters. The second kappa shape index (κ2) is 34.9. The average molecular weight is 1530 g/mol. The molecule has 24 nitrogen and oxygen atoms in total. The molecule has 29 heteroatoms. The van der Waals surface area contributed by atoms with E-state index >= 15 is 0 Å². The number of aliphatic carboxylic acids is 4. The summed E-state index contributed by atoms with van der Waals surface area (Å²) in [6, 6.07) is 18.0. The Bertz CT molecular complexity index is 4560. The standard InChI is InChI=1S/2C38H46N2O10S2.Na/c2*1-26(12-10-14-33-37(2,3)29-24-27(51(45,46)47)18-20-31(29)39(33)22-8-6-16-35(41)42)13-11-15-34-38(4,5)30-25-28(52(48,49)50)19-21-32(30)40(34)23-9-7-17-36(43)44;/h2*10-15,18-21,24-25H,6-9,16-17,22-23H2,1-5H3,(H3-,41,42,43,44,45,46,47,48,49,50);/q;;+1/p+2. The number of nitrogens with zero attached hydrogens (tertiary/aromatic N) is 4. The first-order chi connectivity index (χ1) is 48.3. The van der Waals surface area contributed by atoms with Crippen molar-refractivity contribution in [1.82, 2.24) is 0 Å². The molecule has 0 radical (unpaired) electrons. The first-order valence-electron chi connectivity index (χ1n) is 34.0. The van der Waals surface area contributed by atoms with Crippen LogP contribution in [0.5, 0.6) is 0 Å². The summed E-state index contributed by atoms with van der Waals surface area (Å²) in [5.41, 5.74) is 8.87. The largest absolute Gasteiger partial charge is 1.00 e. The van der Waals surface area contributed by atoms with Crippen LogP contribution < -0.4 is 39.4 Å². The van der Waals surface area contributed by atoms with Crippen molar-refractivity contribution >= 4 is 98.5 Å². The van der Waals surface area contributed by atoms with E-state index in [4.69, 9.17) is 20.4 Å². The molecule has 0 saturated carbocycles. The Morgan fingerprint density at radius 3 is 0.981 bits per heavy atom. The summed E-state index contributed by atoms with van der Waals surface area (Å²) in [5.74, 6) is -3.48. The monoisotopic (exact) mass is 1530 g/mol. The molecule has 4 aliphatic rings. The predicted octanol–water partition coefficient (Wildman–Crippen LogP) is 10.6. The van der Waals surface area contributed by atoms with E-state index in [0.29, 0.717) is 77.5 Å². The maximum atomic E-state index is 11.9. The second-order valence-corrected chi connectivity index (χ2v) is 33.9. The van der Waals surface area contributed by atoms with Gasteiger partial charge in [0.25, 0.3) is 40.5 Å². The molecule has 0 amide bonds. The number of rotatable bonds is 32. The van der Waals surface area contributed by atoms with Crippen LogP contribution in [0.25, 0.3) is 0 Å². The van der Waals surface area contributed by atoms with E-state index in [2.05, 4.69) is 19.0 Å². The molecule has 4 aromatic carbocycles. The van der Waals surface area contributed by atoms with Crippen LogP contribution in [0.15, 0.2) is 188 Å². The van der Waals surface area contributed by atoms with Gasteiger partial charge in [0.2, 0.25) is 11.4 Å². The maximum absolute atomic E-state index is 11.9. The third kappa shape index (κ3) is 21.3. The number of hydrogen-bond acceptors (Lipinski definition) is 14. The number of carboxylic acids is 4. The zero-order valence-electron chi connectivity index (χ0n) is 61.1. The molecule has 0 bridgehead atoms. The van der Waals surface area contributed by atoms with Crippen LogP contribution in [0.1, 0.15) is 169 Å². The quantitative estimate of drug-likeness (QED) is 0.00740. The zero-order valence-corrected chi connectivity index (χ0v) is 66.3. The molecule has 0 saturated heterocycles. The van der Waals surface area contributed by atoms with Crippen LogP contribution >= 0.6 is 0 Å². The minimum atomic E-state index is -4.42. The van der Waals surface area contributed by atoms with Crippen molar-refractivity contribution in [2.24, 2.45) is 0 Å². The van der Waals surface area contributed by atoms with Crippen LogP contribution in [0.4, 0.5) is 22.7 Å². The fraction of sp³-hybridized carbons (Fsp3) is 0.395. The molecule has 105 heavy (non-hydrogen) atoms. The van der Waals surface area contributed by atoms with Gasteiger partial charge in [-0.1, -0.05) is 87.4 Å². The van der Waals surface area contributed by atoms with Gasteiger partial charge in [-0.25, -0.2) is 0 Å². The Morgan fingerprint density at radius 2 is 0.686 bits per heavy atom. The van der Waals surface area contributed by atoms with E-state index in [-0.39, 0.29) is 74.8 Å². The number of fused-ring (bicyclic) bond motifs is 4. The van der Waals surface area contributed by atoms with E-state index < -0.39 is 86.0 Å². The van der Waals surface area contributed by atoms with E-state index in [9.17, 15) is 71.1 Å². The fourth-order valence-corrected chi connectivity index (χ4v) is 15.7. The predicted molar refractivity (Wildman–Crippen MR) is 398 cm³/mol. The zero-order chi connectivity index (χ0) is 77.3. The van der Waals surface area contributed by atoms with E-state index in [1.807, 2.05) is 142 Å². The van der Waals surface area contributed by atoms with Gasteiger partial charge in [0, 0.05) is 121 Å². The summed E-state index contributed by atoms with van der Waals surface area (Å²) >= 11 is 0. The molecule has 0 aromatic heterocycles. The van der Waals surface area contributed by atoms with Gasteiger partial charge < -0.3 is 30.2 Å². The number of allylic oxidation sites excluding steroid dienone is 16. The number of anilines is 2. The maximum Gasteiger partial charge on any atom is 1.00 e. The summed E-state index contributed by atoms with van der Waals surface area (Å²) in [4.78, 5) is 47.7. The van der Waals surface area contributed by atoms with Gasteiger partial charge in [0.05, 0.1) is 30.4 Å². The van der Waals surface area contributed by atoms with Crippen LogP contribution in [0, 0.1) is 0 Å². The summed E-state index contributed by atoms with van der Waals surface area (Å²) in [6.07, 6.45) is 27.5. The topological polar surface area (TPSA) is 379 Å². The van der Waals surface area contributed by atoms with Gasteiger partial charge >= 0.3 is 53.4 Å². The molecular weight excluding hydrogens is 1440 g/mol. The Hall–Kier alpha value is -7.74. The van der Waals surface area contributed by atoms with Crippen molar-refractivity contribution in [3.05, 3.63) is 191 Å². The average Bonchev–Trinajstić information content (AvgIpc) is 1.62. The van der Waals surface area contributed by atoms with Crippen LogP contribution in [0.3, 0.4) is 0 Å². The van der Waals surface area contributed by atoms with Crippen LogP contribution in [-0.2, 0) is 81.3 Å². The van der Waals surface area contributed by atoms with E-state index in [1.165, 1.54) is 48.5 Å². The SMILES string of the molecule is CC(/C=C/C=C1/N(CCCCC(=O)O)c2ccc(S(=O)(=O)O)cc2C1(C)C)=C\C=C\C1=[N+](CCCCC(=O)O)c2ccc(S(=O)(=O)O)cc2C1(C)C.CC(/C=C/C=C1/N(CCCCC(=O)O)c2ccc(S(=O)(=O)O)cc2C1(C)C)=C\C=C\C1=[N+](CCCCC(=O)O)c2ccc(S(=O)(=O)O)cc2C1(C)C.[Na+]. The number of unbranched alkanes of at least 4 members (excludes halogenated alkanes) is 4. The molecule has 4 aromatic rings. The minimum Gasteiger partial charge on any atom is -0.481 e. The van der Waals surface area contributed by atoms with Gasteiger partial charge in [-0.2, -0.15) is 42.8 Å². The molecule has 8 N–H and O–H groups in total. The Kier molecular flexibility index (Phi) is 28.6. The molecule has 560 valence electrons. The van der Waals surface area contributed by atoms with Gasteiger partial charge in [-0.05, 0) is 164 Å². The van der Waals surface area contributed by atoms with Crippen LogP contribution in [-0.4, -0.2) is 143 Å². The molecule has 8 rings (SSSR count).